The Kier molecular flexibility index (Phi) is 5.68. The number of nitrogens with two attached hydrogens (primary N) is 2. The van der Waals surface area contributed by atoms with Crippen molar-refractivity contribution in [3.8, 4) is 0 Å². The average molecular weight is 241 g/mol. The number of ether oxygens (including phenoxy) is 1. The summed E-state index contributed by atoms with van der Waals surface area (Å²) in [6.07, 6.45) is 0. The summed E-state index contributed by atoms with van der Waals surface area (Å²) in [4.78, 5) is 10.4. The van der Waals surface area contributed by atoms with Crippen LogP contribution in [0.4, 0.5) is 0 Å². The molecule has 0 aliphatic heterocycles. The minimum absolute atomic E-state index is 0.0314. The Morgan fingerprint density at radius 3 is 2.47 bits per heavy atom. The third-order valence-electron chi connectivity index (χ3n) is 1.62. The zero-order chi connectivity index (χ0) is 12.1. The summed E-state index contributed by atoms with van der Waals surface area (Å²) in [7, 11) is -2.57. The molecular weight excluding hydrogens is 226 g/mol. The Morgan fingerprint density at radius 1 is 1.60 bits per heavy atom. The molecule has 0 spiro atoms. The van der Waals surface area contributed by atoms with E-state index in [1.807, 2.05) is 0 Å². The fourth-order valence-corrected chi connectivity index (χ4v) is 1.51. The van der Waals surface area contributed by atoms with Gasteiger partial charge in [-0.25, -0.2) is 5.14 Å². The molecule has 0 amide bonds. The smallest absolute Gasteiger partial charge is 0.321 e. The van der Waals surface area contributed by atoms with E-state index in [0.717, 1.165) is 4.31 Å². The van der Waals surface area contributed by atoms with Crippen LogP contribution in [0.25, 0.3) is 0 Å². The van der Waals surface area contributed by atoms with Gasteiger partial charge in [-0.3, -0.25) is 4.79 Å². The second-order valence-corrected chi connectivity index (χ2v) is 4.39. The molecule has 0 aromatic heterocycles. The molecule has 0 aromatic carbocycles. The van der Waals surface area contributed by atoms with Crippen LogP contribution in [-0.2, 0) is 19.7 Å². The van der Waals surface area contributed by atoms with Gasteiger partial charge in [0, 0.05) is 20.2 Å². The van der Waals surface area contributed by atoms with Crippen LogP contribution in [0.3, 0.4) is 0 Å². The number of methoxy groups -OCH3 is 1. The lowest BCUT2D eigenvalue weighted by Gasteiger charge is -2.20. The third-order valence-corrected chi connectivity index (χ3v) is 2.67. The molecule has 0 aliphatic carbocycles. The normalized spacial score (nSPS) is 14.1. The number of carboxylic acid groups (broad SMARTS) is 1. The largest absolute Gasteiger partial charge is 0.480 e. The number of hydrogen-bond acceptors (Lipinski definition) is 5. The maximum atomic E-state index is 11.0. The standard InChI is InChI=1S/C6H15N3O5S/c1-14-3-2-9(15(8,12)13)4-5(7)6(10)11/h5H,2-4,7H2,1H3,(H,10,11)(H2,8,12,13). The molecule has 9 heteroatoms. The molecular formula is C6H15N3O5S. The summed E-state index contributed by atoms with van der Waals surface area (Å²) in [5.41, 5.74) is 5.18. The minimum atomic E-state index is -3.96. The lowest BCUT2D eigenvalue weighted by atomic mass is 10.3. The molecule has 0 bridgehead atoms. The molecule has 90 valence electrons. The molecule has 15 heavy (non-hydrogen) atoms. The fraction of sp³-hybridized carbons (Fsp3) is 0.833. The lowest BCUT2D eigenvalue weighted by molar-refractivity contribution is -0.138. The molecule has 1 unspecified atom stereocenters. The van der Waals surface area contributed by atoms with Crippen molar-refractivity contribution >= 4 is 16.2 Å². The monoisotopic (exact) mass is 241 g/mol. The molecule has 0 fully saturated rings. The van der Waals surface area contributed by atoms with Crippen molar-refractivity contribution in [1.29, 1.82) is 0 Å². The molecule has 0 saturated carbocycles. The van der Waals surface area contributed by atoms with E-state index in [2.05, 4.69) is 4.74 Å². The van der Waals surface area contributed by atoms with Crippen LogP contribution >= 0.6 is 0 Å². The van der Waals surface area contributed by atoms with Crippen LogP contribution in [0, 0.1) is 0 Å². The number of nitrogens with zero attached hydrogens (tertiary/aromatic N) is 1. The Morgan fingerprint density at radius 2 is 2.13 bits per heavy atom. The number of rotatable bonds is 7. The second-order valence-electron chi connectivity index (χ2n) is 2.84. The van der Waals surface area contributed by atoms with Gasteiger partial charge in [0.15, 0.2) is 0 Å². The molecule has 8 nitrogen and oxygen atoms in total. The molecule has 0 aliphatic rings. The first-order valence-electron chi connectivity index (χ1n) is 4.04. The van der Waals surface area contributed by atoms with Gasteiger partial charge in [0.1, 0.15) is 6.04 Å². The summed E-state index contributed by atoms with van der Waals surface area (Å²) in [5, 5.41) is 13.4. The summed E-state index contributed by atoms with van der Waals surface area (Å²) >= 11 is 0. The first-order chi connectivity index (χ1) is 6.79. The third kappa shape index (κ3) is 5.64. The Bertz CT molecular complexity index is 304. The van der Waals surface area contributed by atoms with Gasteiger partial charge in [0.05, 0.1) is 6.61 Å². The van der Waals surface area contributed by atoms with Gasteiger partial charge < -0.3 is 15.6 Å². The topological polar surface area (TPSA) is 136 Å². The first-order valence-corrected chi connectivity index (χ1v) is 5.54. The van der Waals surface area contributed by atoms with E-state index in [-0.39, 0.29) is 19.7 Å². The number of aliphatic carboxylic acids is 1. The predicted molar refractivity (Wildman–Crippen MR) is 52.2 cm³/mol. The molecule has 0 radical (unpaired) electrons. The van der Waals surface area contributed by atoms with Crippen LogP contribution in [0.1, 0.15) is 0 Å². The van der Waals surface area contributed by atoms with E-state index in [9.17, 15) is 13.2 Å². The van der Waals surface area contributed by atoms with Gasteiger partial charge in [0.2, 0.25) is 0 Å². The van der Waals surface area contributed by atoms with Crippen molar-refractivity contribution in [2.75, 3.05) is 26.8 Å². The highest BCUT2D eigenvalue weighted by Crippen LogP contribution is 1.96. The summed E-state index contributed by atoms with van der Waals surface area (Å²) in [6.45, 7) is -0.295. The highest BCUT2D eigenvalue weighted by molar-refractivity contribution is 7.86. The zero-order valence-corrected chi connectivity index (χ0v) is 9.11. The van der Waals surface area contributed by atoms with Crippen LogP contribution < -0.4 is 10.9 Å². The Labute approximate surface area is 88.0 Å². The SMILES string of the molecule is COCCN(CC(N)C(=O)O)S(N)(=O)=O. The van der Waals surface area contributed by atoms with E-state index < -0.39 is 22.2 Å². The van der Waals surface area contributed by atoms with Gasteiger partial charge >= 0.3 is 5.97 Å². The van der Waals surface area contributed by atoms with Gasteiger partial charge in [-0.1, -0.05) is 0 Å². The average Bonchev–Trinajstić information content (AvgIpc) is 2.09. The Balaban J connectivity index is 4.45. The summed E-state index contributed by atoms with van der Waals surface area (Å²) in [5.74, 6) is -1.29. The van der Waals surface area contributed by atoms with Crippen LogP contribution in [0.5, 0.6) is 0 Å². The number of carbonyl (C=O) groups is 1. The van der Waals surface area contributed by atoms with Crippen molar-refractivity contribution in [1.82, 2.24) is 4.31 Å². The van der Waals surface area contributed by atoms with E-state index in [1.54, 1.807) is 0 Å². The van der Waals surface area contributed by atoms with Crippen molar-refractivity contribution in [3.05, 3.63) is 0 Å². The molecule has 0 rings (SSSR count). The van der Waals surface area contributed by atoms with E-state index >= 15 is 0 Å². The van der Waals surface area contributed by atoms with Crippen molar-refractivity contribution in [2.24, 2.45) is 10.9 Å². The van der Waals surface area contributed by atoms with Gasteiger partial charge in [-0.2, -0.15) is 12.7 Å². The van der Waals surface area contributed by atoms with Crippen molar-refractivity contribution < 1.29 is 23.1 Å². The zero-order valence-electron chi connectivity index (χ0n) is 8.29. The van der Waals surface area contributed by atoms with E-state index in [4.69, 9.17) is 16.0 Å². The van der Waals surface area contributed by atoms with Gasteiger partial charge in [0.25, 0.3) is 10.2 Å². The number of hydrogen-bond donors (Lipinski definition) is 3. The van der Waals surface area contributed by atoms with Crippen molar-refractivity contribution in [2.45, 2.75) is 6.04 Å². The molecule has 0 heterocycles. The highest BCUT2D eigenvalue weighted by atomic mass is 32.2. The predicted octanol–water partition coefficient (Wildman–Crippen LogP) is -2.45. The molecule has 5 N–H and O–H groups in total. The number of carboxylic acids is 1. The summed E-state index contributed by atoms with van der Waals surface area (Å²) < 4.78 is 27.4. The molecule has 0 aromatic rings. The van der Waals surface area contributed by atoms with E-state index in [0.29, 0.717) is 0 Å². The summed E-state index contributed by atoms with van der Waals surface area (Å²) in [6, 6.07) is -1.31. The van der Waals surface area contributed by atoms with Crippen molar-refractivity contribution in [3.63, 3.8) is 0 Å². The maximum Gasteiger partial charge on any atom is 0.321 e. The lowest BCUT2D eigenvalue weighted by Crippen LogP contribution is -2.48. The van der Waals surface area contributed by atoms with Crippen LogP contribution in [0.15, 0.2) is 0 Å². The van der Waals surface area contributed by atoms with Crippen LogP contribution in [0.2, 0.25) is 0 Å². The maximum absolute atomic E-state index is 11.0. The second kappa shape index (κ2) is 5.98. The molecule has 0 saturated heterocycles. The van der Waals surface area contributed by atoms with Gasteiger partial charge in [-0.15, -0.1) is 0 Å². The molecule has 1 atom stereocenters. The van der Waals surface area contributed by atoms with E-state index in [1.165, 1.54) is 7.11 Å². The Hall–Kier alpha value is -0.740. The van der Waals surface area contributed by atoms with Gasteiger partial charge in [-0.05, 0) is 0 Å². The van der Waals surface area contributed by atoms with Crippen LogP contribution in [-0.4, -0.2) is 56.6 Å². The first kappa shape index (κ1) is 14.3. The quantitative estimate of drug-likeness (QED) is 0.452. The highest BCUT2D eigenvalue weighted by Gasteiger charge is 2.23. The fourth-order valence-electron chi connectivity index (χ4n) is 0.813. The minimum Gasteiger partial charge on any atom is -0.480 e.